The summed E-state index contributed by atoms with van der Waals surface area (Å²) in [5, 5.41) is 3.47. The first-order valence-electron chi connectivity index (χ1n) is 10.2. The Morgan fingerprint density at radius 3 is 2.28 bits per heavy atom. The number of piperidine rings is 2. The van der Waals surface area contributed by atoms with E-state index >= 15 is 0 Å². The zero-order valence-electron chi connectivity index (χ0n) is 15.3. The third kappa shape index (κ3) is 3.90. The number of nitrogens with zero attached hydrogens (tertiary/aromatic N) is 2. The van der Waals surface area contributed by atoms with Crippen LogP contribution in [0.3, 0.4) is 0 Å². The summed E-state index contributed by atoms with van der Waals surface area (Å²) in [6.45, 7) is 6.55. The zero-order chi connectivity index (χ0) is 17.1. The van der Waals surface area contributed by atoms with E-state index in [1.807, 2.05) is 12.1 Å². The monoisotopic (exact) mass is 341 g/mol. The highest BCUT2D eigenvalue weighted by molar-refractivity contribution is 5.94. The molecule has 1 atom stereocenters. The van der Waals surface area contributed by atoms with Crippen LogP contribution < -0.4 is 5.32 Å². The maximum atomic E-state index is 12.8. The smallest absolute Gasteiger partial charge is 0.253 e. The van der Waals surface area contributed by atoms with E-state index < -0.39 is 0 Å². The van der Waals surface area contributed by atoms with E-state index in [4.69, 9.17) is 0 Å². The van der Waals surface area contributed by atoms with Crippen LogP contribution in [0.15, 0.2) is 24.3 Å². The van der Waals surface area contributed by atoms with Gasteiger partial charge in [-0.2, -0.15) is 0 Å². The summed E-state index contributed by atoms with van der Waals surface area (Å²) in [5.41, 5.74) is 2.23. The van der Waals surface area contributed by atoms with Gasteiger partial charge in [0.05, 0.1) is 0 Å². The molecule has 0 radical (unpaired) electrons. The lowest BCUT2D eigenvalue weighted by molar-refractivity contribution is 0.0644. The molecule has 1 amide bonds. The molecule has 0 unspecified atom stereocenters. The molecule has 4 rings (SSSR count). The first kappa shape index (κ1) is 17.0. The van der Waals surface area contributed by atoms with Crippen LogP contribution in [0, 0.1) is 0 Å². The van der Waals surface area contributed by atoms with Crippen LogP contribution in [0.2, 0.25) is 0 Å². The Bertz CT molecular complexity index is 565. The maximum absolute atomic E-state index is 12.8. The largest absolute Gasteiger partial charge is 0.339 e. The van der Waals surface area contributed by atoms with Gasteiger partial charge in [-0.3, -0.25) is 4.79 Å². The Morgan fingerprint density at radius 2 is 1.64 bits per heavy atom. The minimum absolute atomic E-state index is 0.216. The Hall–Kier alpha value is -1.39. The van der Waals surface area contributed by atoms with E-state index in [1.165, 1.54) is 44.3 Å². The van der Waals surface area contributed by atoms with E-state index in [-0.39, 0.29) is 5.91 Å². The van der Waals surface area contributed by atoms with Gasteiger partial charge in [-0.25, -0.2) is 0 Å². The summed E-state index contributed by atoms with van der Waals surface area (Å²) < 4.78 is 0. The summed E-state index contributed by atoms with van der Waals surface area (Å²) in [5.74, 6) is 0.822. The first-order valence-corrected chi connectivity index (χ1v) is 10.2. The number of nitrogens with one attached hydrogen (secondary N) is 1. The highest BCUT2D eigenvalue weighted by Gasteiger charge is 2.28. The minimum atomic E-state index is 0.216. The fourth-order valence-corrected chi connectivity index (χ4v) is 4.76. The molecule has 4 heteroatoms. The van der Waals surface area contributed by atoms with Crippen molar-refractivity contribution in [2.45, 2.75) is 50.5 Å². The predicted octanol–water partition coefficient (Wildman–Crippen LogP) is 2.85. The molecule has 0 spiro atoms. The van der Waals surface area contributed by atoms with Gasteiger partial charge in [0.15, 0.2) is 0 Å². The fourth-order valence-electron chi connectivity index (χ4n) is 4.76. The number of amides is 1. The molecule has 3 aliphatic rings. The summed E-state index contributed by atoms with van der Waals surface area (Å²) in [6.07, 6.45) is 7.47. The lowest BCUT2D eigenvalue weighted by Gasteiger charge is -2.36. The Balaban J connectivity index is 1.33. The molecule has 3 aliphatic heterocycles. The SMILES string of the molecule is O=C(c1ccc([C@H]2CCCNC2)cc1)N1CCC(N2CCCC2)CC1. The number of benzene rings is 1. The first-order chi connectivity index (χ1) is 12.3. The van der Waals surface area contributed by atoms with Gasteiger partial charge in [0.2, 0.25) is 0 Å². The second kappa shape index (κ2) is 7.88. The fraction of sp³-hybridized carbons (Fsp3) is 0.667. The van der Waals surface area contributed by atoms with Crippen molar-refractivity contribution < 1.29 is 4.79 Å². The van der Waals surface area contributed by atoms with Crippen molar-refractivity contribution in [3.05, 3.63) is 35.4 Å². The molecular formula is C21H31N3O. The molecule has 1 aromatic rings. The van der Waals surface area contributed by atoms with Crippen molar-refractivity contribution in [2.75, 3.05) is 39.3 Å². The van der Waals surface area contributed by atoms with Gasteiger partial charge < -0.3 is 15.1 Å². The number of carbonyl (C=O) groups is 1. The standard InChI is InChI=1S/C21H31N3O/c25-21(24-14-9-20(10-15-24)23-12-1-2-13-23)18-7-5-17(6-8-18)19-4-3-11-22-16-19/h5-8,19-20,22H,1-4,9-16H2/t19-/m0/s1. The van der Waals surface area contributed by atoms with E-state index in [1.54, 1.807) is 0 Å². The van der Waals surface area contributed by atoms with Gasteiger partial charge in [-0.05, 0) is 81.8 Å². The molecule has 25 heavy (non-hydrogen) atoms. The van der Waals surface area contributed by atoms with Crippen molar-refractivity contribution in [1.29, 1.82) is 0 Å². The lowest BCUT2D eigenvalue weighted by Crippen LogP contribution is -2.45. The van der Waals surface area contributed by atoms with Crippen molar-refractivity contribution in [2.24, 2.45) is 0 Å². The number of likely N-dealkylation sites (tertiary alicyclic amines) is 2. The van der Waals surface area contributed by atoms with E-state index in [2.05, 4.69) is 27.2 Å². The number of hydrogen-bond donors (Lipinski definition) is 1. The van der Waals surface area contributed by atoms with Crippen LogP contribution in [0.1, 0.15) is 60.4 Å². The molecule has 3 fully saturated rings. The molecule has 3 saturated heterocycles. The molecule has 0 saturated carbocycles. The van der Waals surface area contributed by atoms with Gasteiger partial charge in [0, 0.05) is 31.2 Å². The Morgan fingerprint density at radius 1 is 0.920 bits per heavy atom. The topological polar surface area (TPSA) is 35.6 Å². The molecular weight excluding hydrogens is 310 g/mol. The Labute approximate surface area is 151 Å². The van der Waals surface area contributed by atoms with Crippen molar-refractivity contribution in [1.82, 2.24) is 15.1 Å². The second-order valence-corrected chi connectivity index (χ2v) is 7.93. The number of hydrogen-bond acceptors (Lipinski definition) is 3. The molecule has 0 aliphatic carbocycles. The van der Waals surface area contributed by atoms with Gasteiger partial charge in [-0.1, -0.05) is 12.1 Å². The van der Waals surface area contributed by atoms with Gasteiger partial charge in [0.25, 0.3) is 5.91 Å². The highest BCUT2D eigenvalue weighted by Crippen LogP contribution is 2.25. The van der Waals surface area contributed by atoms with Crippen LogP contribution in [0.25, 0.3) is 0 Å². The third-order valence-electron chi connectivity index (χ3n) is 6.33. The lowest BCUT2D eigenvalue weighted by atomic mass is 9.91. The molecule has 0 aromatic heterocycles. The van der Waals surface area contributed by atoms with Gasteiger partial charge in [0.1, 0.15) is 0 Å². The van der Waals surface area contributed by atoms with E-state index in [0.717, 1.165) is 44.6 Å². The van der Waals surface area contributed by atoms with E-state index in [9.17, 15) is 4.79 Å². The van der Waals surface area contributed by atoms with E-state index in [0.29, 0.717) is 12.0 Å². The number of rotatable bonds is 3. The molecule has 3 heterocycles. The van der Waals surface area contributed by atoms with Gasteiger partial charge >= 0.3 is 0 Å². The summed E-state index contributed by atoms with van der Waals surface area (Å²) in [7, 11) is 0. The predicted molar refractivity (Wildman–Crippen MR) is 101 cm³/mol. The molecule has 4 nitrogen and oxygen atoms in total. The van der Waals surface area contributed by atoms with Crippen LogP contribution in [0.4, 0.5) is 0 Å². The van der Waals surface area contributed by atoms with Crippen molar-refractivity contribution in [3.8, 4) is 0 Å². The summed E-state index contributed by atoms with van der Waals surface area (Å²) in [6, 6.07) is 9.12. The molecule has 1 aromatic carbocycles. The molecule has 0 bridgehead atoms. The summed E-state index contributed by atoms with van der Waals surface area (Å²) >= 11 is 0. The third-order valence-corrected chi connectivity index (χ3v) is 6.33. The normalized spacial score (nSPS) is 26.1. The number of carbonyl (C=O) groups excluding carboxylic acids is 1. The average Bonchev–Trinajstić information content (AvgIpc) is 3.23. The maximum Gasteiger partial charge on any atom is 0.253 e. The van der Waals surface area contributed by atoms with Crippen LogP contribution in [-0.2, 0) is 0 Å². The Kier molecular flexibility index (Phi) is 5.37. The average molecular weight is 341 g/mol. The van der Waals surface area contributed by atoms with Crippen LogP contribution >= 0.6 is 0 Å². The minimum Gasteiger partial charge on any atom is -0.339 e. The van der Waals surface area contributed by atoms with Crippen molar-refractivity contribution in [3.63, 3.8) is 0 Å². The zero-order valence-corrected chi connectivity index (χ0v) is 15.3. The second-order valence-electron chi connectivity index (χ2n) is 7.93. The van der Waals surface area contributed by atoms with Crippen LogP contribution in [-0.4, -0.2) is 61.0 Å². The highest BCUT2D eigenvalue weighted by atomic mass is 16.2. The molecule has 136 valence electrons. The van der Waals surface area contributed by atoms with Crippen LogP contribution in [0.5, 0.6) is 0 Å². The molecule has 1 N–H and O–H groups in total. The summed E-state index contributed by atoms with van der Waals surface area (Å²) in [4.78, 5) is 17.5. The quantitative estimate of drug-likeness (QED) is 0.918. The van der Waals surface area contributed by atoms with Gasteiger partial charge in [-0.15, -0.1) is 0 Å². The van der Waals surface area contributed by atoms with Crippen molar-refractivity contribution >= 4 is 5.91 Å².